The van der Waals surface area contributed by atoms with Crippen molar-refractivity contribution < 1.29 is 35.7 Å². The molecule has 0 aliphatic carbocycles. The molecule has 0 heterocycles. The molecule has 0 fully saturated rings. The Hall–Kier alpha value is -1.08. The maximum atomic E-state index is 11.2. The van der Waals surface area contributed by atoms with Crippen molar-refractivity contribution in [3.63, 3.8) is 0 Å². The Labute approximate surface area is 96.7 Å². The minimum atomic E-state index is -0.544. The van der Waals surface area contributed by atoms with E-state index in [1.54, 1.807) is 12.1 Å². The molecule has 0 unspecified atom stereocenters. The largest absolute Gasteiger partial charge is 0.507 e. The van der Waals surface area contributed by atoms with E-state index in [-0.39, 0.29) is 39.0 Å². The van der Waals surface area contributed by atoms with Gasteiger partial charge in [-0.05, 0) is 12.1 Å². The smallest absolute Gasteiger partial charge is 0.342 e. The van der Waals surface area contributed by atoms with Crippen LogP contribution in [0.3, 0.4) is 0 Å². The zero-order valence-corrected chi connectivity index (χ0v) is 9.48. The van der Waals surface area contributed by atoms with Crippen LogP contribution < -0.4 is 0 Å². The van der Waals surface area contributed by atoms with Crippen LogP contribution in [0.2, 0.25) is 0 Å². The van der Waals surface area contributed by atoms with Gasteiger partial charge in [-0.3, -0.25) is 0 Å². The van der Waals surface area contributed by atoms with Crippen LogP contribution in [0.5, 0.6) is 5.75 Å². The van der Waals surface area contributed by atoms with Gasteiger partial charge in [0.15, 0.2) is 0 Å². The van der Waals surface area contributed by atoms with Crippen LogP contribution in [0.15, 0.2) is 36.9 Å². The predicted molar refractivity (Wildman–Crippen MR) is 48.6 cm³/mol. The molecule has 0 bridgehead atoms. The van der Waals surface area contributed by atoms with Gasteiger partial charge in [-0.2, -0.15) is 0 Å². The van der Waals surface area contributed by atoms with Crippen molar-refractivity contribution in [3.05, 3.63) is 42.5 Å². The molecule has 0 aromatic heterocycles. The average molecular weight is 274 g/mol. The predicted octanol–water partition coefficient (Wildman–Crippen LogP) is 1.73. The molecule has 14 heavy (non-hydrogen) atoms. The van der Waals surface area contributed by atoms with Crippen LogP contribution in [-0.4, -0.2) is 17.7 Å². The molecule has 4 heteroatoms. The van der Waals surface area contributed by atoms with Crippen molar-refractivity contribution in [2.45, 2.75) is 0 Å². The normalized spacial score (nSPS) is 8.57. The first-order valence-corrected chi connectivity index (χ1v) is 3.81. The molecule has 1 aromatic rings. The summed E-state index contributed by atoms with van der Waals surface area (Å²) in [7, 11) is 0. The Balaban J connectivity index is 0.00000169. The summed E-state index contributed by atoms with van der Waals surface area (Å²) in [4.78, 5) is 11.2. The molecule has 0 amide bonds. The zero-order valence-electron chi connectivity index (χ0n) is 7.47. The summed E-state index contributed by atoms with van der Waals surface area (Å²) in [6.07, 6.45) is 1.47. The third-order valence-corrected chi connectivity index (χ3v) is 1.46. The van der Waals surface area contributed by atoms with Gasteiger partial charge in [0, 0.05) is 21.1 Å². The molecule has 0 aliphatic heterocycles. The zero-order chi connectivity index (χ0) is 9.68. The fourth-order valence-electron chi connectivity index (χ4n) is 0.859. The van der Waals surface area contributed by atoms with Crippen molar-refractivity contribution in [2.24, 2.45) is 0 Å². The average Bonchev–Trinajstić information content (AvgIpc) is 2.15. The van der Waals surface area contributed by atoms with Crippen molar-refractivity contribution >= 4 is 5.97 Å². The van der Waals surface area contributed by atoms with Crippen molar-refractivity contribution in [3.8, 4) is 5.75 Å². The number of hydrogen-bond acceptors (Lipinski definition) is 3. The molecule has 1 aromatic carbocycles. The second-order valence-corrected chi connectivity index (χ2v) is 2.40. The minimum Gasteiger partial charge on any atom is -0.507 e. The number of para-hydroxylation sites is 1. The molecule has 0 aliphatic rings. The number of phenolic OH excluding ortho intramolecular Hbond substituents is 1. The van der Waals surface area contributed by atoms with Crippen molar-refractivity contribution in [1.29, 1.82) is 0 Å². The van der Waals surface area contributed by atoms with Gasteiger partial charge in [-0.1, -0.05) is 24.8 Å². The number of hydrogen-bond donors (Lipinski definition) is 1. The van der Waals surface area contributed by atoms with E-state index >= 15 is 0 Å². The number of carbonyl (C=O) groups is 1. The van der Waals surface area contributed by atoms with E-state index < -0.39 is 5.97 Å². The Morgan fingerprint density at radius 1 is 1.50 bits per heavy atom. The van der Waals surface area contributed by atoms with Gasteiger partial charge in [0.05, 0.1) is 0 Å². The number of phenols is 1. The quantitative estimate of drug-likeness (QED) is 0.518. The molecule has 0 saturated heterocycles. The Morgan fingerprint density at radius 3 is 2.71 bits per heavy atom. The molecule has 0 atom stereocenters. The van der Waals surface area contributed by atoms with E-state index in [1.807, 2.05) is 0 Å². The second kappa shape index (κ2) is 6.38. The first-order chi connectivity index (χ1) is 6.25. The molecule has 0 radical (unpaired) electrons. The van der Waals surface area contributed by atoms with Crippen LogP contribution in [0.25, 0.3) is 0 Å². The van der Waals surface area contributed by atoms with E-state index in [2.05, 4.69) is 6.58 Å². The summed E-state index contributed by atoms with van der Waals surface area (Å²) < 4.78 is 4.74. The number of carbonyl (C=O) groups excluding carboxylic acids is 1. The Bertz CT molecular complexity index is 323. The van der Waals surface area contributed by atoms with Crippen LogP contribution in [-0.2, 0) is 25.8 Å². The summed E-state index contributed by atoms with van der Waals surface area (Å²) >= 11 is 0. The van der Waals surface area contributed by atoms with Gasteiger partial charge in [0.1, 0.15) is 17.9 Å². The monoisotopic (exact) mass is 276 g/mol. The van der Waals surface area contributed by atoms with Gasteiger partial charge in [-0.25, -0.2) is 4.79 Å². The number of esters is 1. The molecule has 1 rings (SSSR count). The fraction of sp³-hybridized carbons (Fsp3) is 0.100. The summed E-state index contributed by atoms with van der Waals surface area (Å²) in [5.74, 6) is -0.616. The number of rotatable bonds is 3. The third-order valence-electron chi connectivity index (χ3n) is 1.46. The topological polar surface area (TPSA) is 46.5 Å². The molecular weight excluding hydrogens is 264 g/mol. The molecule has 1 N–H and O–H groups in total. The van der Waals surface area contributed by atoms with Gasteiger partial charge >= 0.3 is 5.97 Å². The van der Waals surface area contributed by atoms with Crippen LogP contribution in [0, 0.1) is 0 Å². The maximum Gasteiger partial charge on any atom is 0.342 e. The van der Waals surface area contributed by atoms with E-state index in [1.165, 1.54) is 18.2 Å². The van der Waals surface area contributed by atoms with Gasteiger partial charge < -0.3 is 9.84 Å². The van der Waals surface area contributed by atoms with Crippen LogP contribution in [0.1, 0.15) is 10.4 Å². The summed E-state index contributed by atoms with van der Waals surface area (Å²) in [6.45, 7) is 3.56. The van der Waals surface area contributed by atoms with Gasteiger partial charge in [-0.15, -0.1) is 0 Å². The number of ether oxygens (including phenoxy) is 1. The minimum absolute atomic E-state index is 0. The molecular formula is C10H10MoO3. The van der Waals surface area contributed by atoms with Crippen molar-refractivity contribution in [1.82, 2.24) is 0 Å². The van der Waals surface area contributed by atoms with E-state index in [0.29, 0.717) is 0 Å². The molecule has 3 nitrogen and oxygen atoms in total. The van der Waals surface area contributed by atoms with E-state index in [9.17, 15) is 9.90 Å². The Morgan fingerprint density at radius 2 is 2.14 bits per heavy atom. The molecule has 0 saturated carbocycles. The van der Waals surface area contributed by atoms with E-state index in [0.717, 1.165) is 0 Å². The second-order valence-electron chi connectivity index (χ2n) is 2.40. The van der Waals surface area contributed by atoms with Gasteiger partial charge in [0.25, 0.3) is 0 Å². The maximum absolute atomic E-state index is 11.2. The molecule has 74 valence electrons. The summed E-state index contributed by atoms with van der Waals surface area (Å²) in [5, 5.41) is 9.25. The summed E-state index contributed by atoms with van der Waals surface area (Å²) in [6, 6.07) is 6.23. The first kappa shape index (κ1) is 12.9. The Kier molecular flexibility index (Phi) is 5.89. The fourth-order valence-corrected chi connectivity index (χ4v) is 0.859. The third kappa shape index (κ3) is 3.35. The molecule has 0 spiro atoms. The first-order valence-electron chi connectivity index (χ1n) is 3.81. The van der Waals surface area contributed by atoms with Crippen LogP contribution >= 0.6 is 0 Å². The number of benzene rings is 1. The van der Waals surface area contributed by atoms with Gasteiger partial charge in [0.2, 0.25) is 0 Å². The van der Waals surface area contributed by atoms with Crippen molar-refractivity contribution in [2.75, 3.05) is 6.61 Å². The standard InChI is InChI=1S/C10H10O3.Mo/c1-2-7-13-10(12)8-5-3-4-6-9(8)11;/h2-6,11H,1,7H2;. The SMILES string of the molecule is C=CCOC(=O)c1ccccc1O.[Mo]. The number of aromatic hydroxyl groups is 1. The van der Waals surface area contributed by atoms with E-state index in [4.69, 9.17) is 4.74 Å². The van der Waals surface area contributed by atoms with Crippen LogP contribution in [0.4, 0.5) is 0 Å². The summed E-state index contributed by atoms with van der Waals surface area (Å²) in [5.41, 5.74) is 0.171.